The molecule has 0 aromatic carbocycles. The number of dihydropyridines is 1. The Morgan fingerprint density at radius 3 is 1.77 bits per heavy atom. The number of carbonyl (C=O) groups is 2. The zero-order valence-electron chi connectivity index (χ0n) is 17.1. The fourth-order valence-corrected chi connectivity index (χ4v) is 3.67. The number of rotatable bonds is 5. The lowest BCUT2D eigenvalue weighted by molar-refractivity contribution is -0.113. The van der Waals surface area contributed by atoms with Gasteiger partial charge in [-0.05, 0) is 50.2 Å². The van der Waals surface area contributed by atoms with E-state index in [0.29, 0.717) is 34.2 Å². The SMILES string of the molecule is CC1=C(C(=O)Nc2ccccn2)C(c2ccc[nH]2)C(C(=O)Nc2ccccn2)=C(C)N1. The van der Waals surface area contributed by atoms with Crippen LogP contribution in [0.5, 0.6) is 0 Å². The molecule has 0 aliphatic carbocycles. The Morgan fingerprint density at radius 1 is 0.806 bits per heavy atom. The van der Waals surface area contributed by atoms with Crippen LogP contribution in [0.3, 0.4) is 0 Å². The second kappa shape index (κ2) is 8.66. The van der Waals surface area contributed by atoms with Crippen molar-refractivity contribution in [3.05, 3.63) is 95.4 Å². The van der Waals surface area contributed by atoms with Gasteiger partial charge in [0.15, 0.2) is 0 Å². The molecular formula is C23H22N6O2. The highest BCUT2D eigenvalue weighted by atomic mass is 16.2. The largest absolute Gasteiger partial charge is 0.364 e. The number of aromatic amines is 1. The number of pyridine rings is 2. The molecule has 8 heteroatoms. The molecule has 31 heavy (non-hydrogen) atoms. The molecule has 8 nitrogen and oxygen atoms in total. The van der Waals surface area contributed by atoms with E-state index >= 15 is 0 Å². The van der Waals surface area contributed by atoms with Crippen molar-refractivity contribution >= 4 is 23.5 Å². The van der Waals surface area contributed by atoms with Gasteiger partial charge in [0.25, 0.3) is 11.8 Å². The quantitative estimate of drug-likeness (QED) is 0.512. The van der Waals surface area contributed by atoms with Crippen molar-refractivity contribution in [1.29, 1.82) is 0 Å². The number of nitrogens with one attached hydrogen (secondary N) is 4. The van der Waals surface area contributed by atoms with Gasteiger partial charge in [0.2, 0.25) is 0 Å². The van der Waals surface area contributed by atoms with Crippen molar-refractivity contribution in [2.75, 3.05) is 10.6 Å². The molecule has 0 atom stereocenters. The topological polar surface area (TPSA) is 112 Å². The Morgan fingerprint density at radius 2 is 1.35 bits per heavy atom. The van der Waals surface area contributed by atoms with E-state index < -0.39 is 5.92 Å². The van der Waals surface area contributed by atoms with E-state index in [4.69, 9.17) is 0 Å². The van der Waals surface area contributed by atoms with Gasteiger partial charge in [-0.3, -0.25) is 9.59 Å². The fourth-order valence-electron chi connectivity index (χ4n) is 3.67. The monoisotopic (exact) mass is 414 g/mol. The molecule has 0 radical (unpaired) electrons. The van der Waals surface area contributed by atoms with Crippen LogP contribution >= 0.6 is 0 Å². The summed E-state index contributed by atoms with van der Waals surface area (Å²) in [4.78, 5) is 38.1. The maximum absolute atomic E-state index is 13.3. The zero-order valence-corrected chi connectivity index (χ0v) is 17.1. The molecule has 4 rings (SSSR count). The summed E-state index contributed by atoms with van der Waals surface area (Å²) in [6, 6.07) is 14.3. The molecule has 156 valence electrons. The van der Waals surface area contributed by atoms with Crippen LogP contribution in [0, 0.1) is 0 Å². The van der Waals surface area contributed by atoms with Crippen molar-refractivity contribution in [3.8, 4) is 0 Å². The molecule has 0 saturated heterocycles. The number of allylic oxidation sites excluding steroid dienone is 2. The maximum Gasteiger partial charge on any atom is 0.255 e. The number of aromatic nitrogens is 3. The van der Waals surface area contributed by atoms with Gasteiger partial charge in [-0.2, -0.15) is 0 Å². The summed E-state index contributed by atoms with van der Waals surface area (Å²) in [5, 5.41) is 8.85. The number of nitrogens with zero attached hydrogens (tertiary/aromatic N) is 2. The average molecular weight is 414 g/mol. The predicted molar refractivity (Wildman–Crippen MR) is 118 cm³/mol. The van der Waals surface area contributed by atoms with Crippen LogP contribution in [0.25, 0.3) is 0 Å². The van der Waals surface area contributed by atoms with E-state index in [-0.39, 0.29) is 11.8 Å². The summed E-state index contributed by atoms with van der Waals surface area (Å²) in [7, 11) is 0. The molecule has 1 aliphatic rings. The summed E-state index contributed by atoms with van der Waals surface area (Å²) in [6.45, 7) is 3.64. The number of anilines is 2. The first-order valence-electron chi connectivity index (χ1n) is 9.81. The minimum atomic E-state index is -0.594. The smallest absolute Gasteiger partial charge is 0.255 e. The summed E-state index contributed by atoms with van der Waals surface area (Å²) in [5.41, 5.74) is 2.94. The molecule has 0 spiro atoms. The van der Waals surface area contributed by atoms with E-state index in [1.807, 2.05) is 26.0 Å². The predicted octanol–water partition coefficient (Wildman–Crippen LogP) is 3.32. The number of hydrogen-bond donors (Lipinski definition) is 4. The molecule has 2 amide bonds. The van der Waals surface area contributed by atoms with E-state index in [0.717, 1.165) is 5.69 Å². The Labute approximate surface area is 179 Å². The van der Waals surface area contributed by atoms with Gasteiger partial charge >= 0.3 is 0 Å². The Balaban J connectivity index is 1.72. The first-order chi connectivity index (χ1) is 15.0. The Bertz CT molecular complexity index is 1080. The van der Waals surface area contributed by atoms with Gasteiger partial charge < -0.3 is 20.9 Å². The molecule has 3 aromatic rings. The maximum atomic E-state index is 13.3. The zero-order chi connectivity index (χ0) is 21.8. The summed E-state index contributed by atoms with van der Waals surface area (Å²) < 4.78 is 0. The van der Waals surface area contributed by atoms with Crippen molar-refractivity contribution in [2.45, 2.75) is 19.8 Å². The molecule has 4 N–H and O–H groups in total. The molecule has 0 fully saturated rings. The van der Waals surface area contributed by atoms with Crippen molar-refractivity contribution in [3.63, 3.8) is 0 Å². The van der Waals surface area contributed by atoms with Crippen molar-refractivity contribution in [1.82, 2.24) is 20.3 Å². The van der Waals surface area contributed by atoms with Crippen molar-refractivity contribution in [2.24, 2.45) is 0 Å². The standard InChI is InChI=1S/C23H22N6O2/c1-14-19(22(30)28-17-9-3-5-11-25-17)21(16-8-7-13-24-16)20(15(2)27-14)23(31)29-18-10-4-6-12-26-18/h3-13,21,24,27H,1-2H3,(H,25,28,30)(H,26,29,31). The van der Waals surface area contributed by atoms with Crippen LogP contribution in [-0.2, 0) is 9.59 Å². The first-order valence-corrected chi connectivity index (χ1v) is 9.81. The Hall–Kier alpha value is -4.20. The highest BCUT2D eigenvalue weighted by Gasteiger charge is 2.37. The minimum Gasteiger partial charge on any atom is -0.364 e. The molecule has 0 saturated carbocycles. The van der Waals surface area contributed by atoms with Crippen LogP contribution in [0.4, 0.5) is 11.6 Å². The lowest BCUT2D eigenvalue weighted by atomic mass is 9.82. The second-order valence-corrected chi connectivity index (χ2v) is 7.10. The van der Waals surface area contributed by atoms with Crippen LogP contribution < -0.4 is 16.0 Å². The molecule has 4 heterocycles. The normalized spacial score (nSPS) is 14.3. The van der Waals surface area contributed by atoms with Crippen LogP contribution in [0.15, 0.2) is 89.7 Å². The van der Waals surface area contributed by atoms with Crippen molar-refractivity contribution < 1.29 is 9.59 Å². The van der Waals surface area contributed by atoms with Gasteiger partial charge in [0.1, 0.15) is 11.6 Å². The second-order valence-electron chi connectivity index (χ2n) is 7.10. The third kappa shape index (κ3) is 4.23. The number of hydrogen-bond acceptors (Lipinski definition) is 5. The van der Waals surface area contributed by atoms with E-state index in [1.165, 1.54) is 0 Å². The highest BCUT2D eigenvalue weighted by Crippen LogP contribution is 2.38. The van der Waals surface area contributed by atoms with Crippen LogP contribution in [-0.4, -0.2) is 26.8 Å². The molecule has 3 aromatic heterocycles. The molecule has 0 unspecified atom stereocenters. The number of amides is 2. The minimum absolute atomic E-state index is 0.334. The molecular weight excluding hydrogens is 392 g/mol. The van der Waals surface area contributed by atoms with Crippen LogP contribution in [0.1, 0.15) is 25.5 Å². The van der Waals surface area contributed by atoms with E-state index in [2.05, 4.69) is 30.9 Å². The Kier molecular flexibility index (Phi) is 5.61. The number of carbonyl (C=O) groups excluding carboxylic acids is 2. The van der Waals surface area contributed by atoms with Crippen LogP contribution in [0.2, 0.25) is 0 Å². The third-order valence-electron chi connectivity index (χ3n) is 5.00. The van der Waals surface area contributed by atoms with Gasteiger partial charge in [-0.25, -0.2) is 9.97 Å². The first kappa shape index (κ1) is 20.1. The lowest BCUT2D eigenvalue weighted by Crippen LogP contribution is -2.35. The van der Waals surface area contributed by atoms with Gasteiger partial charge in [-0.1, -0.05) is 12.1 Å². The fraction of sp³-hybridized carbons (Fsp3) is 0.130. The number of H-pyrrole nitrogens is 1. The third-order valence-corrected chi connectivity index (χ3v) is 5.00. The van der Waals surface area contributed by atoms with Gasteiger partial charge in [-0.15, -0.1) is 0 Å². The van der Waals surface area contributed by atoms with E-state index in [1.54, 1.807) is 55.0 Å². The van der Waals surface area contributed by atoms with E-state index in [9.17, 15) is 9.59 Å². The molecule has 1 aliphatic heterocycles. The van der Waals surface area contributed by atoms with Gasteiger partial charge in [0, 0.05) is 46.8 Å². The summed E-state index contributed by atoms with van der Waals surface area (Å²) >= 11 is 0. The summed E-state index contributed by atoms with van der Waals surface area (Å²) in [5.74, 6) is -0.394. The molecule has 0 bridgehead atoms. The highest BCUT2D eigenvalue weighted by molar-refractivity contribution is 6.11. The summed E-state index contributed by atoms with van der Waals surface area (Å²) in [6.07, 6.45) is 4.98. The lowest BCUT2D eigenvalue weighted by Gasteiger charge is -2.30. The van der Waals surface area contributed by atoms with Gasteiger partial charge in [0.05, 0.1) is 5.92 Å². The average Bonchev–Trinajstić information content (AvgIpc) is 3.29.